The van der Waals surface area contributed by atoms with Crippen molar-refractivity contribution in [1.29, 1.82) is 0 Å². The molecule has 0 saturated heterocycles. The lowest BCUT2D eigenvalue weighted by Gasteiger charge is -2.32. The Morgan fingerprint density at radius 3 is 2.35 bits per heavy atom. The molecule has 0 radical (unpaired) electrons. The van der Waals surface area contributed by atoms with Crippen LogP contribution in [0, 0.1) is 11.8 Å². The lowest BCUT2D eigenvalue weighted by molar-refractivity contribution is -0.137. The fourth-order valence-corrected chi connectivity index (χ4v) is 3.36. The normalized spacial score (nSPS) is 27.4. The van der Waals surface area contributed by atoms with Gasteiger partial charge in [-0.1, -0.05) is 13.8 Å². The van der Waals surface area contributed by atoms with E-state index in [1.54, 1.807) is 0 Å². The Balaban J connectivity index is 2.21. The topological polar surface area (TPSA) is 24.9 Å². The molecule has 6 heteroatoms. The third kappa shape index (κ3) is 3.87. The molecule has 2 unspecified atom stereocenters. The summed E-state index contributed by atoms with van der Waals surface area (Å²) in [6, 6.07) is 1.13. The van der Waals surface area contributed by atoms with Crippen LogP contribution in [0.2, 0.25) is 0 Å². The number of pyridine rings is 1. The van der Waals surface area contributed by atoms with Crippen molar-refractivity contribution < 1.29 is 13.2 Å². The highest BCUT2D eigenvalue weighted by molar-refractivity contribution is 9.10. The van der Waals surface area contributed by atoms with Gasteiger partial charge in [-0.05, 0) is 53.1 Å². The molecule has 1 aromatic rings. The minimum atomic E-state index is -4.40. The zero-order valence-corrected chi connectivity index (χ0v) is 13.1. The van der Waals surface area contributed by atoms with E-state index >= 15 is 0 Å². The Labute approximate surface area is 125 Å². The van der Waals surface area contributed by atoms with Gasteiger partial charge in [0.1, 0.15) is 5.82 Å². The molecule has 2 nitrogen and oxygen atoms in total. The summed E-state index contributed by atoms with van der Waals surface area (Å²) < 4.78 is 39.4. The lowest BCUT2D eigenvalue weighted by atomic mass is 9.80. The van der Waals surface area contributed by atoms with Crippen LogP contribution < -0.4 is 5.32 Å². The molecule has 1 aliphatic rings. The number of rotatable bonds is 2. The Morgan fingerprint density at radius 1 is 1.20 bits per heavy atom. The van der Waals surface area contributed by atoms with Crippen LogP contribution in [0.25, 0.3) is 0 Å². The number of alkyl halides is 3. The van der Waals surface area contributed by atoms with Gasteiger partial charge in [-0.15, -0.1) is 0 Å². The monoisotopic (exact) mass is 350 g/mol. The van der Waals surface area contributed by atoms with E-state index in [9.17, 15) is 13.2 Å². The van der Waals surface area contributed by atoms with Gasteiger partial charge in [0.25, 0.3) is 0 Å². The van der Waals surface area contributed by atoms with Gasteiger partial charge >= 0.3 is 6.18 Å². The fraction of sp³-hybridized carbons (Fsp3) is 0.643. The molecule has 112 valence electrons. The number of nitrogens with one attached hydrogen (secondary N) is 1. The summed E-state index contributed by atoms with van der Waals surface area (Å²) in [6.07, 6.45) is -0.0882. The van der Waals surface area contributed by atoms with Crippen LogP contribution in [-0.4, -0.2) is 11.0 Å². The van der Waals surface area contributed by atoms with Crippen LogP contribution in [0.1, 0.15) is 38.7 Å². The highest BCUT2D eigenvalue weighted by Crippen LogP contribution is 2.37. The van der Waals surface area contributed by atoms with Gasteiger partial charge in [0.2, 0.25) is 0 Å². The molecule has 1 heterocycles. The van der Waals surface area contributed by atoms with Gasteiger partial charge in [-0.25, -0.2) is 4.98 Å². The van der Waals surface area contributed by atoms with E-state index in [0.29, 0.717) is 16.3 Å². The number of halogens is 4. The smallest absolute Gasteiger partial charge is 0.367 e. The van der Waals surface area contributed by atoms with Crippen LogP contribution in [0.15, 0.2) is 16.7 Å². The molecule has 1 fully saturated rings. The Kier molecular flexibility index (Phi) is 4.62. The third-order valence-electron chi connectivity index (χ3n) is 3.68. The molecule has 0 spiro atoms. The summed E-state index contributed by atoms with van der Waals surface area (Å²) in [7, 11) is 0. The first kappa shape index (κ1) is 15.6. The minimum absolute atomic E-state index is 0.0588. The van der Waals surface area contributed by atoms with Gasteiger partial charge < -0.3 is 5.32 Å². The first-order valence-corrected chi connectivity index (χ1v) is 7.54. The maximum absolute atomic E-state index is 13.0. The predicted octanol–water partition coefficient (Wildman–Crippen LogP) is 5.10. The first-order valence-electron chi connectivity index (χ1n) is 6.75. The highest BCUT2D eigenvalue weighted by Gasteiger charge is 2.35. The molecular weight excluding hydrogens is 333 g/mol. The van der Waals surface area contributed by atoms with Crippen molar-refractivity contribution in [2.75, 3.05) is 5.32 Å². The van der Waals surface area contributed by atoms with E-state index in [4.69, 9.17) is 0 Å². The van der Waals surface area contributed by atoms with E-state index in [1.165, 1.54) is 6.20 Å². The maximum atomic E-state index is 13.0. The average Bonchev–Trinajstić information content (AvgIpc) is 2.28. The van der Waals surface area contributed by atoms with Gasteiger partial charge in [-0.2, -0.15) is 13.2 Å². The molecule has 1 N–H and O–H groups in total. The van der Waals surface area contributed by atoms with Crippen molar-refractivity contribution in [2.45, 2.75) is 45.3 Å². The van der Waals surface area contributed by atoms with Crippen molar-refractivity contribution in [1.82, 2.24) is 4.98 Å². The largest absolute Gasteiger partial charge is 0.419 e. The Hall–Kier alpha value is -0.780. The molecule has 0 amide bonds. The van der Waals surface area contributed by atoms with Gasteiger partial charge in [0, 0.05) is 16.7 Å². The molecule has 1 aliphatic carbocycles. The predicted molar refractivity (Wildman–Crippen MR) is 76.5 cm³/mol. The Morgan fingerprint density at radius 2 is 1.80 bits per heavy atom. The van der Waals surface area contributed by atoms with Gasteiger partial charge in [0.05, 0.1) is 5.56 Å². The summed E-state index contributed by atoms with van der Waals surface area (Å²) in [5.41, 5.74) is -0.710. The van der Waals surface area contributed by atoms with E-state index in [-0.39, 0.29) is 11.9 Å². The summed E-state index contributed by atoms with van der Waals surface area (Å²) in [5.74, 6) is 0.995. The second-order valence-corrected chi connectivity index (χ2v) is 6.72. The van der Waals surface area contributed by atoms with E-state index in [0.717, 1.165) is 25.3 Å². The highest BCUT2D eigenvalue weighted by atomic mass is 79.9. The molecule has 1 saturated carbocycles. The standard InChI is InChI=1S/C14H18BrF3N2/c1-8-3-9(2)5-11(4-8)20-13-12(14(16,17)18)6-10(15)7-19-13/h6-9,11H,3-5H2,1-2H3,(H,19,20). The number of aromatic nitrogens is 1. The zero-order valence-electron chi connectivity index (χ0n) is 11.5. The average molecular weight is 351 g/mol. The molecule has 0 bridgehead atoms. The van der Waals surface area contributed by atoms with Gasteiger partial charge in [0.15, 0.2) is 0 Å². The molecular formula is C14H18BrF3N2. The van der Waals surface area contributed by atoms with Gasteiger partial charge in [-0.3, -0.25) is 0 Å². The summed E-state index contributed by atoms with van der Waals surface area (Å²) in [5, 5.41) is 2.99. The number of hydrogen-bond donors (Lipinski definition) is 1. The van der Waals surface area contributed by atoms with Crippen LogP contribution in [-0.2, 0) is 6.18 Å². The van der Waals surface area contributed by atoms with E-state index < -0.39 is 11.7 Å². The molecule has 1 aromatic heterocycles. The summed E-state index contributed by atoms with van der Waals surface area (Å²) >= 11 is 3.04. The number of anilines is 1. The summed E-state index contributed by atoms with van der Waals surface area (Å²) in [4.78, 5) is 3.91. The van der Waals surface area contributed by atoms with Crippen LogP contribution >= 0.6 is 15.9 Å². The van der Waals surface area contributed by atoms with Crippen LogP contribution in [0.3, 0.4) is 0 Å². The molecule has 0 aromatic carbocycles. The van der Waals surface area contributed by atoms with Crippen molar-refractivity contribution in [3.63, 3.8) is 0 Å². The van der Waals surface area contributed by atoms with E-state index in [1.807, 2.05) is 0 Å². The molecule has 20 heavy (non-hydrogen) atoms. The number of hydrogen-bond acceptors (Lipinski definition) is 2. The third-order valence-corrected chi connectivity index (χ3v) is 4.11. The van der Waals surface area contributed by atoms with E-state index in [2.05, 4.69) is 40.1 Å². The van der Waals surface area contributed by atoms with Crippen molar-refractivity contribution in [2.24, 2.45) is 11.8 Å². The maximum Gasteiger partial charge on any atom is 0.419 e. The number of nitrogens with zero attached hydrogens (tertiary/aromatic N) is 1. The molecule has 0 aliphatic heterocycles. The SMILES string of the molecule is CC1CC(C)CC(Nc2ncc(Br)cc2C(F)(F)F)C1. The molecule has 2 atom stereocenters. The fourth-order valence-electron chi connectivity index (χ4n) is 3.03. The molecule has 2 rings (SSSR count). The second-order valence-electron chi connectivity index (χ2n) is 5.81. The quantitative estimate of drug-likeness (QED) is 0.802. The van der Waals surface area contributed by atoms with Crippen molar-refractivity contribution >= 4 is 21.7 Å². The lowest BCUT2D eigenvalue weighted by Crippen LogP contribution is -2.31. The second kappa shape index (κ2) is 5.92. The van der Waals surface area contributed by atoms with Crippen LogP contribution in [0.4, 0.5) is 19.0 Å². The Bertz CT molecular complexity index is 466. The van der Waals surface area contributed by atoms with Crippen LogP contribution in [0.5, 0.6) is 0 Å². The first-order chi connectivity index (χ1) is 9.25. The minimum Gasteiger partial charge on any atom is -0.367 e. The van der Waals surface area contributed by atoms with Crippen molar-refractivity contribution in [3.8, 4) is 0 Å². The zero-order chi connectivity index (χ0) is 14.9. The van der Waals surface area contributed by atoms with Crippen molar-refractivity contribution in [3.05, 3.63) is 22.3 Å². The summed E-state index contributed by atoms with van der Waals surface area (Å²) in [6.45, 7) is 4.29.